The van der Waals surface area contributed by atoms with Gasteiger partial charge in [-0.25, -0.2) is 0 Å². The van der Waals surface area contributed by atoms with Crippen LogP contribution in [0.25, 0.3) is 0 Å². The Hall–Kier alpha value is -1.47. The summed E-state index contributed by atoms with van der Waals surface area (Å²) in [4.78, 5) is 11.9. The molecular weight excluding hydrogens is 256 g/mol. The van der Waals surface area contributed by atoms with Gasteiger partial charge in [-0.2, -0.15) is 11.3 Å². The smallest absolute Gasteiger partial charge is 0.282 e. The summed E-state index contributed by atoms with van der Waals surface area (Å²) in [5.41, 5.74) is 1.10. The molecule has 0 aromatic carbocycles. The Morgan fingerprint density at radius 1 is 1.47 bits per heavy atom. The van der Waals surface area contributed by atoms with Gasteiger partial charge in [-0.15, -0.1) is 10.2 Å². The molecule has 2 aromatic rings. The van der Waals surface area contributed by atoms with Gasteiger partial charge in [0.05, 0.1) is 6.04 Å². The van der Waals surface area contributed by atoms with E-state index in [2.05, 4.69) is 20.8 Å². The Bertz CT molecular complexity index is 494. The number of nitrogens with zero attached hydrogens (tertiary/aromatic N) is 2. The summed E-state index contributed by atoms with van der Waals surface area (Å²) in [5.74, 6) is -0.192. The summed E-state index contributed by atoms with van der Waals surface area (Å²) in [6.07, 6.45) is 0. The fourth-order valence-corrected chi connectivity index (χ4v) is 2.63. The number of aromatic nitrogens is 2. The maximum absolute atomic E-state index is 11.9. The van der Waals surface area contributed by atoms with Crippen LogP contribution in [0.1, 0.15) is 28.3 Å². The van der Waals surface area contributed by atoms with Crippen molar-refractivity contribution < 1.29 is 4.79 Å². The van der Waals surface area contributed by atoms with Crippen molar-refractivity contribution in [2.24, 2.45) is 0 Å². The predicted octanol–water partition coefficient (Wildman–Crippen LogP) is 2.13. The fraction of sp³-hybridized carbons (Fsp3) is 0.300. The minimum atomic E-state index is -0.192. The summed E-state index contributed by atoms with van der Waals surface area (Å²) in [6.45, 7) is 1.94. The highest BCUT2D eigenvalue weighted by atomic mass is 32.1. The Morgan fingerprint density at radius 2 is 2.29 bits per heavy atom. The number of amides is 1. The van der Waals surface area contributed by atoms with E-state index in [1.54, 1.807) is 18.4 Å². The molecule has 1 amide bonds. The average Bonchev–Trinajstić information content (AvgIpc) is 3.00. The van der Waals surface area contributed by atoms with E-state index >= 15 is 0 Å². The Balaban J connectivity index is 2.01. The SMILES string of the molecule is CNc1nnc(C(=O)NC(C)c2ccsc2)s1. The number of nitrogens with one attached hydrogen (secondary N) is 2. The van der Waals surface area contributed by atoms with Crippen molar-refractivity contribution in [1.82, 2.24) is 15.5 Å². The molecule has 2 aromatic heterocycles. The van der Waals surface area contributed by atoms with Gasteiger partial charge in [0.15, 0.2) is 0 Å². The summed E-state index contributed by atoms with van der Waals surface area (Å²) in [7, 11) is 1.75. The van der Waals surface area contributed by atoms with Crippen LogP contribution in [0.2, 0.25) is 0 Å². The average molecular weight is 268 g/mol. The van der Waals surface area contributed by atoms with Gasteiger partial charge < -0.3 is 10.6 Å². The molecule has 90 valence electrons. The van der Waals surface area contributed by atoms with Gasteiger partial charge in [-0.1, -0.05) is 11.3 Å². The third-order valence-corrected chi connectivity index (χ3v) is 3.86. The Labute approximate surface area is 107 Å². The number of thiophene rings is 1. The lowest BCUT2D eigenvalue weighted by Gasteiger charge is -2.10. The molecule has 0 saturated carbocycles. The van der Waals surface area contributed by atoms with Crippen molar-refractivity contribution in [3.63, 3.8) is 0 Å². The Morgan fingerprint density at radius 3 is 2.88 bits per heavy atom. The zero-order valence-corrected chi connectivity index (χ0v) is 11.1. The second-order valence-electron chi connectivity index (χ2n) is 3.41. The molecule has 0 aliphatic rings. The summed E-state index contributed by atoms with van der Waals surface area (Å²) in [6, 6.07) is 1.98. The van der Waals surface area contributed by atoms with Crippen molar-refractivity contribution in [3.8, 4) is 0 Å². The van der Waals surface area contributed by atoms with Gasteiger partial charge in [-0.05, 0) is 29.3 Å². The lowest BCUT2D eigenvalue weighted by atomic mass is 10.2. The molecule has 0 radical (unpaired) electrons. The van der Waals surface area contributed by atoms with E-state index in [-0.39, 0.29) is 11.9 Å². The third kappa shape index (κ3) is 2.80. The van der Waals surface area contributed by atoms with Crippen LogP contribution in [-0.4, -0.2) is 23.2 Å². The summed E-state index contributed by atoms with van der Waals surface area (Å²) < 4.78 is 0. The lowest BCUT2D eigenvalue weighted by Crippen LogP contribution is -2.26. The quantitative estimate of drug-likeness (QED) is 0.891. The van der Waals surface area contributed by atoms with Crippen LogP contribution in [0.3, 0.4) is 0 Å². The monoisotopic (exact) mass is 268 g/mol. The topological polar surface area (TPSA) is 66.9 Å². The van der Waals surface area contributed by atoms with Crippen molar-refractivity contribution in [1.29, 1.82) is 0 Å². The first-order chi connectivity index (χ1) is 8.20. The van der Waals surface area contributed by atoms with E-state index < -0.39 is 0 Å². The normalized spacial score (nSPS) is 12.1. The molecule has 2 heterocycles. The molecule has 0 spiro atoms. The van der Waals surface area contributed by atoms with Gasteiger partial charge in [0.2, 0.25) is 10.1 Å². The second-order valence-corrected chi connectivity index (χ2v) is 5.17. The van der Waals surface area contributed by atoms with Crippen LogP contribution in [-0.2, 0) is 0 Å². The largest absolute Gasteiger partial charge is 0.363 e. The highest BCUT2D eigenvalue weighted by molar-refractivity contribution is 7.17. The highest BCUT2D eigenvalue weighted by Gasteiger charge is 2.15. The van der Waals surface area contributed by atoms with Crippen molar-refractivity contribution in [2.75, 3.05) is 12.4 Å². The van der Waals surface area contributed by atoms with Gasteiger partial charge in [0, 0.05) is 7.05 Å². The van der Waals surface area contributed by atoms with E-state index in [1.165, 1.54) is 11.3 Å². The van der Waals surface area contributed by atoms with Crippen LogP contribution in [0.15, 0.2) is 16.8 Å². The molecule has 2 rings (SSSR count). The number of anilines is 1. The first-order valence-electron chi connectivity index (χ1n) is 5.05. The van der Waals surface area contributed by atoms with Gasteiger partial charge in [0.25, 0.3) is 5.91 Å². The molecule has 0 saturated heterocycles. The summed E-state index contributed by atoms with van der Waals surface area (Å²) in [5, 5.41) is 18.4. The first-order valence-corrected chi connectivity index (χ1v) is 6.81. The highest BCUT2D eigenvalue weighted by Crippen LogP contribution is 2.18. The van der Waals surface area contributed by atoms with Gasteiger partial charge in [-0.3, -0.25) is 4.79 Å². The first kappa shape index (κ1) is 12.0. The number of carbonyl (C=O) groups excluding carboxylic acids is 1. The molecule has 0 fully saturated rings. The molecule has 7 heteroatoms. The van der Waals surface area contributed by atoms with E-state index in [0.717, 1.165) is 5.56 Å². The van der Waals surface area contributed by atoms with E-state index in [4.69, 9.17) is 0 Å². The molecule has 1 unspecified atom stereocenters. The standard InChI is InChI=1S/C10H12N4OS2/c1-6(7-3-4-16-5-7)12-8(15)9-13-14-10(11-2)17-9/h3-6H,1-2H3,(H,11,14)(H,12,15). The van der Waals surface area contributed by atoms with Crippen molar-refractivity contribution in [2.45, 2.75) is 13.0 Å². The van der Waals surface area contributed by atoms with Crippen LogP contribution < -0.4 is 10.6 Å². The minimum absolute atomic E-state index is 0.0179. The number of carbonyl (C=O) groups is 1. The minimum Gasteiger partial charge on any atom is -0.363 e. The molecule has 17 heavy (non-hydrogen) atoms. The lowest BCUT2D eigenvalue weighted by molar-refractivity contribution is 0.0939. The molecular formula is C10H12N4OS2. The summed E-state index contributed by atoms with van der Waals surface area (Å²) >= 11 is 2.85. The van der Waals surface area contributed by atoms with Crippen LogP contribution in [0.5, 0.6) is 0 Å². The van der Waals surface area contributed by atoms with Crippen LogP contribution in [0.4, 0.5) is 5.13 Å². The molecule has 2 N–H and O–H groups in total. The fourth-order valence-electron chi connectivity index (χ4n) is 1.28. The van der Waals surface area contributed by atoms with E-state index in [9.17, 15) is 4.79 Å². The molecule has 5 nitrogen and oxygen atoms in total. The maximum atomic E-state index is 11.9. The van der Waals surface area contributed by atoms with Crippen molar-refractivity contribution in [3.05, 3.63) is 27.4 Å². The van der Waals surface area contributed by atoms with E-state index in [0.29, 0.717) is 10.1 Å². The maximum Gasteiger partial charge on any atom is 0.282 e. The molecule has 0 aliphatic heterocycles. The number of rotatable bonds is 4. The Kier molecular flexibility index (Phi) is 3.70. The van der Waals surface area contributed by atoms with E-state index in [1.807, 2.05) is 23.8 Å². The third-order valence-electron chi connectivity index (χ3n) is 2.22. The predicted molar refractivity (Wildman–Crippen MR) is 69.7 cm³/mol. The van der Waals surface area contributed by atoms with Crippen LogP contribution >= 0.6 is 22.7 Å². The van der Waals surface area contributed by atoms with Gasteiger partial charge in [0.1, 0.15) is 0 Å². The van der Waals surface area contributed by atoms with Crippen molar-refractivity contribution >= 4 is 33.7 Å². The molecule has 0 bridgehead atoms. The molecule has 1 atom stereocenters. The van der Waals surface area contributed by atoms with Crippen LogP contribution in [0, 0.1) is 0 Å². The zero-order chi connectivity index (χ0) is 12.3. The number of hydrogen-bond acceptors (Lipinski definition) is 6. The van der Waals surface area contributed by atoms with Gasteiger partial charge >= 0.3 is 0 Å². The second kappa shape index (κ2) is 5.24. The molecule has 0 aliphatic carbocycles. The zero-order valence-electron chi connectivity index (χ0n) is 9.43. The number of hydrogen-bond donors (Lipinski definition) is 2.